The maximum atomic E-state index is 2.41. The summed E-state index contributed by atoms with van der Waals surface area (Å²) in [5.74, 6) is 0. The Morgan fingerprint density at radius 1 is 0.193 bits per heavy atom. The van der Waals surface area contributed by atoms with Crippen LogP contribution in [0.3, 0.4) is 0 Å². The smallest absolute Gasteiger partial charge is 0.0462 e. The zero-order valence-electron chi connectivity index (χ0n) is 63.4. The second kappa shape index (κ2) is 28.1. The van der Waals surface area contributed by atoms with Crippen LogP contribution in [-0.2, 0) is 32.1 Å². The molecule has 20 aromatic carbocycles. The lowest BCUT2D eigenvalue weighted by atomic mass is 9.81. The number of benzene rings is 20. The third-order valence-corrected chi connectivity index (χ3v) is 25.0. The predicted octanol–water partition coefficient (Wildman–Crippen LogP) is 30.5. The van der Waals surface area contributed by atoms with Crippen molar-refractivity contribution in [3.05, 3.63) is 437 Å². The number of para-hydroxylation sites is 2. The maximum absolute atomic E-state index is 2.41. The minimum atomic E-state index is 0.965. The average molecular weight is 1450 g/mol. The number of allylic oxidation sites excluding steroid dienone is 3. The highest BCUT2D eigenvalue weighted by Gasteiger charge is 2.28. The fraction of sp³-hybridized carbons (Fsp3) is 0.0619. The van der Waals surface area contributed by atoms with Gasteiger partial charge in [-0.25, -0.2) is 0 Å². The second-order valence-electron chi connectivity index (χ2n) is 31.3. The van der Waals surface area contributed by atoms with E-state index in [0.29, 0.717) is 0 Å². The summed E-state index contributed by atoms with van der Waals surface area (Å²) in [7, 11) is 0. The van der Waals surface area contributed by atoms with Gasteiger partial charge in [-0.3, -0.25) is 0 Å². The standard InChI is InChI=1S/C41H29N.C39H24.C33H26/c1-3-15-33(16-4-1)42(34-17-5-2-6-18-34)35-25-23-29(24-26-35)40-36-19-9-11-21-38(36)41(39-22-12-10-20-37(39)40)32-27-30-13-7-8-14-31(30)28-32;1-2-9-28-23-29(22-27(28)8-1)37-30-12-3-5-14-32(30)39(33-15-6-4-13-31(33)37)35-21-19-26-17-16-24-10-7-11-25-18-20-34(35)38(26)36(24)25;1-2-12-24-21-25(20-23(24)11-1)32-28-15-5-7-17-30(28)33(31-18-8-6-16-29(31)32)27-19-9-13-22-10-3-4-14-26(22)27/h1-27H,28H2;1-22H,23H2;1-2,5-9,11-13,15-20H,3-4,10,14,21H2. The van der Waals surface area contributed by atoms with Crippen molar-refractivity contribution in [2.45, 2.75) is 44.9 Å². The number of hydrogen-bond acceptors (Lipinski definition) is 1. The van der Waals surface area contributed by atoms with Crippen LogP contribution in [0.25, 0.3) is 165 Å². The third kappa shape index (κ3) is 11.4. The Morgan fingerprint density at radius 2 is 0.518 bits per heavy atom. The van der Waals surface area contributed by atoms with Crippen LogP contribution in [-0.4, -0.2) is 0 Å². The highest BCUT2D eigenvalue weighted by atomic mass is 15.1. The molecule has 0 atom stereocenters. The summed E-state index contributed by atoms with van der Waals surface area (Å²) in [6.07, 6.45) is 15.2. The lowest BCUT2D eigenvalue weighted by Crippen LogP contribution is -2.09. The van der Waals surface area contributed by atoms with Crippen molar-refractivity contribution in [2.75, 3.05) is 4.90 Å². The molecule has 0 fully saturated rings. The molecule has 0 unspecified atom stereocenters. The maximum Gasteiger partial charge on any atom is 0.0462 e. The molecule has 0 aromatic heterocycles. The van der Waals surface area contributed by atoms with E-state index >= 15 is 0 Å². The lowest BCUT2D eigenvalue weighted by molar-refractivity contribution is 0.687. The van der Waals surface area contributed by atoms with Crippen LogP contribution in [0, 0.1) is 0 Å². The molecule has 0 bridgehead atoms. The van der Waals surface area contributed by atoms with E-state index in [4.69, 9.17) is 0 Å². The first-order valence-corrected chi connectivity index (χ1v) is 40.5. The second-order valence-corrected chi connectivity index (χ2v) is 31.3. The Labute approximate surface area is 665 Å². The zero-order valence-corrected chi connectivity index (χ0v) is 63.4. The Kier molecular flexibility index (Phi) is 16.5. The first kappa shape index (κ1) is 67.0. The summed E-state index contributed by atoms with van der Waals surface area (Å²) in [5.41, 5.74) is 31.2. The number of anilines is 3. The van der Waals surface area contributed by atoms with Gasteiger partial charge in [0, 0.05) is 17.1 Å². The van der Waals surface area contributed by atoms with E-state index in [0.717, 1.165) is 36.3 Å². The quantitative estimate of drug-likeness (QED) is 0.103. The summed E-state index contributed by atoms with van der Waals surface area (Å²) in [5, 5.41) is 24.0. The molecular formula is C113H79N. The molecule has 0 spiro atoms. The van der Waals surface area contributed by atoms with Crippen LogP contribution in [0.1, 0.15) is 74.0 Å². The van der Waals surface area contributed by atoms with Crippen LogP contribution in [0.5, 0.6) is 0 Å². The van der Waals surface area contributed by atoms with Gasteiger partial charge in [-0.15, -0.1) is 0 Å². The molecule has 0 radical (unpaired) electrons. The van der Waals surface area contributed by atoms with Crippen LogP contribution in [0.4, 0.5) is 17.1 Å². The third-order valence-electron chi connectivity index (χ3n) is 25.0. The molecule has 24 rings (SSSR count). The van der Waals surface area contributed by atoms with Crippen molar-refractivity contribution < 1.29 is 0 Å². The average Bonchev–Trinajstić information content (AvgIpc) is 1.11. The number of hydrogen-bond donors (Lipinski definition) is 0. The van der Waals surface area contributed by atoms with E-state index in [1.807, 2.05) is 0 Å². The van der Waals surface area contributed by atoms with Gasteiger partial charge in [0.15, 0.2) is 0 Å². The van der Waals surface area contributed by atoms with Crippen LogP contribution in [0.2, 0.25) is 0 Å². The SMILES string of the molecule is C1=C(c2c3ccccc3c(-c3ccc(N(c4ccccc4)c4ccccc4)cc3)c3ccccc23)Cc2ccccc21.C1=C(c2c3ccccc3c(-c3ccc4ccc5cccc6ccc3c4c56)c3ccccc23)Cc2ccccc21.C1=C(c2c3ccccc3c(-c3cccc4c3CCCC4)c3ccccc23)Cc2ccccc21. The number of aryl methyl sites for hydroxylation is 1. The fourth-order valence-electron chi connectivity index (χ4n) is 20.0. The van der Waals surface area contributed by atoms with Gasteiger partial charge in [-0.05, 0) is 290 Å². The van der Waals surface area contributed by atoms with Crippen LogP contribution >= 0.6 is 0 Å². The molecule has 0 amide bonds. The van der Waals surface area contributed by atoms with Crippen LogP contribution < -0.4 is 4.90 Å². The van der Waals surface area contributed by atoms with E-state index in [1.165, 1.54) is 223 Å². The zero-order chi connectivity index (χ0) is 75.2. The summed E-state index contributed by atoms with van der Waals surface area (Å²) in [4.78, 5) is 2.31. The van der Waals surface area contributed by atoms with Gasteiger partial charge >= 0.3 is 0 Å². The van der Waals surface area contributed by atoms with E-state index in [-0.39, 0.29) is 0 Å². The fourth-order valence-corrected chi connectivity index (χ4v) is 20.0. The minimum absolute atomic E-state index is 0.965. The van der Waals surface area contributed by atoms with Gasteiger partial charge in [-0.2, -0.15) is 0 Å². The van der Waals surface area contributed by atoms with Gasteiger partial charge in [0.25, 0.3) is 0 Å². The minimum Gasteiger partial charge on any atom is -0.311 e. The Bertz CT molecular complexity index is 7130. The van der Waals surface area contributed by atoms with Crippen molar-refractivity contribution in [1.82, 2.24) is 0 Å². The van der Waals surface area contributed by atoms with Crippen LogP contribution in [0.15, 0.2) is 376 Å². The Morgan fingerprint density at radius 3 is 0.947 bits per heavy atom. The highest BCUT2D eigenvalue weighted by Crippen LogP contribution is 2.52. The number of fused-ring (bicyclic) bond motifs is 10. The van der Waals surface area contributed by atoms with E-state index in [9.17, 15) is 0 Å². The topological polar surface area (TPSA) is 3.24 Å². The first-order chi connectivity index (χ1) is 56.6. The van der Waals surface area contributed by atoms with E-state index in [2.05, 4.69) is 399 Å². The molecule has 0 heterocycles. The molecule has 0 aliphatic heterocycles. The largest absolute Gasteiger partial charge is 0.311 e. The molecule has 1 nitrogen and oxygen atoms in total. The Hall–Kier alpha value is -14.0. The van der Waals surface area contributed by atoms with Crippen molar-refractivity contribution >= 4 is 149 Å². The summed E-state index contributed by atoms with van der Waals surface area (Å²) in [6.45, 7) is 0. The summed E-state index contributed by atoms with van der Waals surface area (Å²) >= 11 is 0. The van der Waals surface area contributed by atoms with Crippen molar-refractivity contribution in [3.63, 3.8) is 0 Å². The monoisotopic (exact) mass is 1450 g/mol. The van der Waals surface area contributed by atoms with E-state index < -0.39 is 0 Å². The molecule has 0 saturated heterocycles. The Balaban J connectivity index is 0.000000105. The normalized spacial score (nSPS) is 13.4. The van der Waals surface area contributed by atoms with Gasteiger partial charge in [0.1, 0.15) is 0 Å². The lowest BCUT2D eigenvalue weighted by Gasteiger charge is -2.25. The molecule has 0 N–H and O–H groups in total. The van der Waals surface area contributed by atoms with Crippen molar-refractivity contribution in [2.24, 2.45) is 0 Å². The van der Waals surface area contributed by atoms with Gasteiger partial charge < -0.3 is 4.90 Å². The molecular weight excluding hydrogens is 1370 g/mol. The molecule has 114 heavy (non-hydrogen) atoms. The van der Waals surface area contributed by atoms with Gasteiger partial charge in [-0.1, -0.05) is 358 Å². The molecule has 4 aliphatic rings. The van der Waals surface area contributed by atoms with Crippen molar-refractivity contribution in [1.29, 1.82) is 0 Å². The highest BCUT2D eigenvalue weighted by molar-refractivity contribution is 6.30. The molecule has 0 saturated carbocycles. The summed E-state index contributed by atoms with van der Waals surface area (Å²) in [6, 6.07) is 138. The number of nitrogens with zero attached hydrogens (tertiary/aromatic N) is 1. The number of rotatable bonds is 9. The summed E-state index contributed by atoms with van der Waals surface area (Å²) < 4.78 is 0. The molecule has 536 valence electrons. The van der Waals surface area contributed by atoms with Gasteiger partial charge in [0.2, 0.25) is 0 Å². The predicted molar refractivity (Wildman–Crippen MR) is 490 cm³/mol. The van der Waals surface area contributed by atoms with Gasteiger partial charge in [0.05, 0.1) is 0 Å². The molecule has 1 heteroatoms. The molecule has 4 aliphatic carbocycles. The van der Waals surface area contributed by atoms with Crippen molar-refractivity contribution in [3.8, 4) is 33.4 Å². The molecule has 20 aromatic rings. The van der Waals surface area contributed by atoms with E-state index in [1.54, 1.807) is 11.1 Å². The first-order valence-electron chi connectivity index (χ1n) is 40.5.